The van der Waals surface area contributed by atoms with Gasteiger partial charge in [-0.2, -0.15) is 0 Å². The number of aromatic nitrogens is 1. The van der Waals surface area contributed by atoms with Gasteiger partial charge >= 0.3 is 0 Å². The highest BCUT2D eigenvalue weighted by atomic mass is 35.5. The van der Waals surface area contributed by atoms with E-state index in [-0.39, 0.29) is 0 Å². The first-order chi connectivity index (χ1) is 8.69. The first-order valence-corrected chi connectivity index (χ1v) is 7.26. The number of rotatable bonds is 3. The third-order valence-corrected chi connectivity index (χ3v) is 3.68. The molecule has 0 N–H and O–H groups in total. The third-order valence-electron chi connectivity index (χ3n) is 3.10. The summed E-state index contributed by atoms with van der Waals surface area (Å²) in [6.07, 6.45) is 3.73. The second kappa shape index (κ2) is 5.90. The van der Waals surface area contributed by atoms with Gasteiger partial charge in [0.05, 0.1) is 16.1 Å². The van der Waals surface area contributed by atoms with Crippen molar-refractivity contribution in [2.45, 2.75) is 33.1 Å². The quantitative estimate of drug-likeness (QED) is 0.447. The highest BCUT2D eigenvalue weighted by Crippen LogP contribution is 2.37. The highest BCUT2D eigenvalue weighted by molar-refractivity contribution is 6.39. The van der Waals surface area contributed by atoms with Crippen molar-refractivity contribution in [3.63, 3.8) is 0 Å². The van der Waals surface area contributed by atoms with Gasteiger partial charge in [0.1, 0.15) is 0 Å². The Morgan fingerprint density at radius 1 is 1.17 bits per heavy atom. The second-order valence-corrected chi connectivity index (χ2v) is 5.33. The van der Waals surface area contributed by atoms with Crippen molar-refractivity contribution < 1.29 is 0 Å². The third kappa shape index (κ3) is 2.48. The summed E-state index contributed by atoms with van der Waals surface area (Å²) >= 11 is 11.4. The lowest BCUT2D eigenvalue weighted by Crippen LogP contribution is -1.95. The minimum absolute atomic E-state index is 0.825. The molecule has 2 aromatic heterocycles. The van der Waals surface area contributed by atoms with Crippen molar-refractivity contribution in [3.05, 3.63) is 28.8 Å². The number of hydrogen-bond acceptors (Lipinski definition) is 1. The Bertz CT molecular complexity index is 597. The summed E-state index contributed by atoms with van der Waals surface area (Å²) in [6, 6.07) is 6.11. The van der Waals surface area contributed by atoms with Crippen LogP contribution in [0.5, 0.6) is 0 Å². The normalized spacial score (nSPS) is 11.1. The topological polar surface area (TPSA) is 12.9 Å². The van der Waals surface area contributed by atoms with Crippen LogP contribution < -0.4 is 0 Å². The Balaban J connectivity index is 0.000000174. The molecule has 0 atom stereocenters. The maximum Gasteiger partial charge on any atom is 0.0818 e. The van der Waals surface area contributed by atoms with Gasteiger partial charge in [-0.3, -0.25) is 0 Å². The zero-order chi connectivity index (χ0) is 13.1. The molecule has 2 aromatic carbocycles. The first kappa shape index (κ1) is 13.6. The minimum atomic E-state index is 0.825. The van der Waals surface area contributed by atoms with E-state index in [1.165, 1.54) is 30.2 Å². The fraction of sp³-hybridized carbons (Fsp3) is 0.400. The summed E-state index contributed by atoms with van der Waals surface area (Å²) in [4.78, 5) is 4.38. The monoisotopic (exact) mass is 281 g/mol. The van der Waals surface area contributed by atoms with Gasteiger partial charge in [-0.05, 0) is 31.0 Å². The molecule has 2 heterocycles. The molecule has 0 saturated heterocycles. The summed E-state index contributed by atoms with van der Waals surface area (Å²) in [5, 5.41) is 3.17. The van der Waals surface area contributed by atoms with Crippen LogP contribution >= 0.6 is 23.2 Å². The Hall–Kier alpha value is -0.790. The number of fused-ring (bicyclic) bond motifs is 1. The molecule has 0 aliphatic heterocycles. The van der Waals surface area contributed by atoms with Gasteiger partial charge in [0, 0.05) is 16.7 Å². The van der Waals surface area contributed by atoms with E-state index < -0.39 is 0 Å². The smallest absolute Gasteiger partial charge is 0.0818 e. The molecule has 96 valence electrons. The van der Waals surface area contributed by atoms with Gasteiger partial charge in [-0.15, -0.1) is 11.6 Å². The van der Waals surface area contributed by atoms with Gasteiger partial charge in [0.15, 0.2) is 0 Å². The lowest BCUT2D eigenvalue weighted by atomic mass is 10.0. The number of benzene rings is 2. The predicted octanol–water partition coefficient (Wildman–Crippen LogP) is 5.64. The summed E-state index contributed by atoms with van der Waals surface area (Å²) in [7, 11) is 0. The molecular weight excluding hydrogens is 265 g/mol. The van der Waals surface area contributed by atoms with Gasteiger partial charge in [0.2, 0.25) is 0 Å². The molecule has 0 fully saturated rings. The van der Waals surface area contributed by atoms with Crippen LogP contribution in [0.3, 0.4) is 0 Å². The van der Waals surface area contributed by atoms with Gasteiger partial charge < -0.3 is 0 Å². The predicted molar refractivity (Wildman–Crippen MR) is 81.6 cm³/mol. The number of unbranched alkanes of at least 4 members (excludes halogenated alkanes) is 2. The fourth-order valence-electron chi connectivity index (χ4n) is 2.09. The highest BCUT2D eigenvalue weighted by Gasteiger charge is 2.15. The van der Waals surface area contributed by atoms with E-state index in [0.717, 1.165) is 27.3 Å². The molecule has 4 bridgehead atoms. The van der Waals surface area contributed by atoms with Crippen LogP contribution in [0, 0.1) is 6.92 Å². The molecule has 0 saturated carbocycles. The molecule has 1 nitrogen and oxygen atoms in total. The Kier molecular flexibility index (Phi) is 4.47. The van der Waals surface area contributed by atoms with Gasteiger partial charge in [-0.1, -0.05) is 37.4 Å². The molecule has 0 radical (unpaired) electrons. The molecule has 0 unspecified atom stereocenters. The fourth-order valence-corrected chi connectivity index (χ4v) is 2.52. The molecule has 4 rings (SSSR count). The van der Waals surface area contributed by atoms with E-state index in [1.54, 1.807) is 0 Å². The number of aryl methyl sites for hydroxylation is 1. The molecule has 0 amide bonds. The van der Waals surface area contributed by atoms with Gasteiger partial charge in [0.25, 0.3) is 0 Å². The number of hydrogen-bond donors (Lipinski definition) is 0. The lowest BCUT2D eigenvalue weighted by Gasteiger charge is -2.13. The average molecular weight is 282 g/mol. The Labute approximate surface area is 118 Å². The van der Waals surface area contributed by atoms with Gasteiger partial charge in [-0.25, -0.2) is 4.98 Å². The average Bonchev–Trinajstić information content (AvgIpc) is 2.32. The molecule has 18 heavy (non-hydrogen) atoms. The molecule has 3 heteroatoms. The van der Waals surface area contributed by atoms with E-state index >= 15 is 0 Å². The number of pyridine rings is 1. The standard InChI is InChI=1S/C10H6ClN.C5H11Cl/c1-5-4-6-2-3-7(11)8-9(5)12-10(6)8;1-2-3-4-5-6/h2-4H,1H3;2-5H2,1H3. The van der Waals surface area contributed by atoms with Crippen molar-refractivity contribution >= 4 is 45.0 Å². The van der Waals surface area contributed by atoms with E-state index in [1.807, 2.05) is 12.1 Å². The van der Waals surface area contributed by atoms with Crippen LogP contribution in [-0.4, -0.2) is 10.9 Å². The summed E-state index contributed by atoms with van der Waals surface area (Å²) in [6.45, 7) is 4.24. The minimum Gasteiger partial charge on any atom is -0.247 e. The summed E-state index contributed by atoms with van der Waals surface area (Å²) in [5.41, 5.74) is 3.36. The van der Waals surface area contributed by atoms with Crippen molar-refractivity contribution in [1.82, 2.24) is 4.98 Å². The van der Waals surface area contributed by atoms with E-state index in [9.17, 15) is 0 Å². The largest absolute Gasteiger partial charge is 0.247 e. The number of alkyl halides is 1. The van der Waals surface area contributed by atoms with Crippen LogP contribution in [0.2, 0.25) is 5.02 Å². The van der Waals surface area contributed by atoms with Crippen LogP contribution in [0.15, 0.2) is 18.2 Å². The zero-order valence-electron chi connectivity index (χ0n) is 10.8. The van der Waals surface area contributed by atoms with Crippen LogP contribution in [0.4, 0.5) is 0 Å². The molecule has 0 spiro atoms. The van der Waals surface area contributed by atoms with Crippen LogP contribution in [0.1, 0.15) is 31.7 Å². The first-order valence-electron chi connectivity index (χ1n) is 6.35. The van der Waals surface area contributed by atoms with E-state index in [0.29, 0.717) is 0 Å². The number of nitrogens with zero attached hydrogens (tertiary/aromatic N) is 1. The summed E-state index contributed by atoms with van der Waals surface area (Å²) in [5.74, 6) is 0.827. The maximum atomic E-state index is 6.02. The number of halogens is 2. The van der Waals surface area contributed by atoms with Crippen molar-refractivity contribution in [3.8, 4) is 0 Å². The molecule has 0 aliphatic carbocycles. The Morgan fingerprint density at radius 2 is 1.94 bits per heavy atom. The molecule has 0 aliphatic rings. The Morgan fingerprint density at radius 3 is 2.50 bits per heavy atom. The zero-order valence-corrected chi connectivity index (χ0v) is 12.3. The molecule has 4 aromatic rings. The summed E-state index contributed by atoms with van der Waals surface area (Å²) < 4.78 is 0. The van der Waals surface area contributed by atoms with Crippen LogP contribution in [-0.2, 0) is 0 Å². The van der Waals surface area contributed by atoms with Crippen LogP contribution in [0.25, 0.3) is 21.8 Å². The van der Waals surface area contributed by atoms with E-state index in [2.05, 4.69) is 24.9 Å². The van der Waals surface area contributed by atoms with Crippen molar-refractivity contribution in [1.29, 1.82) is 0 Å². The maximum absolute atomic E-state index is 6.02. The second-order valence-electron chi connectivity index (χ2n) is 4.54. The van der Waals surface area contributed by atoms with Crippen molar-refractivity contribution in [2.75, 3.05) is 5.88 Å². The van der Waals surface area contributed by atoms with E-state index in [4.69, 9.17) is 23.2 Å². The SMILES string of the molecule is CCCCCCl.Cc1cc2ccc(Cl)c3c1nc23. The van der Waals surface area contributed by atoms with Crippen molar-refractivity contribution in [2.24, 2.45) is 0 Å². The lowest BCUT2D eigenvalue weighted by molar-refractivity contribution is 0.776. The molecular formula is C15H17Cl2N.